The number of aryl methyl sites for hydroxylation is 1. The second kappa shape index (κ2) is 5.20. The maximum atomic E-state index is 13.2. The Hall–Kier alpha value is -0.850. The molecule has 0 aromatic heterocycles. The molecule has 1 aromatic carbocycles. The minimum Gasteiger partial charge on any atom is -0.481 e. The van der Waals surface area contributed by atoms with Crippen molar-refractivity contribution < 1.29 is 9.13 Å². The lowest BCUT2D eigenvalue weighted by Gasteiger charge is -2.18. The molecule has 1 aliphatic rings. The summed E-state index contributed by atoms with van der Waals surface area (Å²) in [6.07, 6.45) is -0.129. The molecule has 2 rings (SSSR count). The zero-order valence-electron chi connectivity index (χ0n) is 9.76. The van der Waals surface area contributed by atoms with Crippen LogP contribution in [0.2, 0.25) is 0 Å². The highest BCUT2D eigenvalue weighted by atomic mass is 127. The van der Waals surface area contributed by atoms with Crippen LogP contribution in [-0.4, -0.2) is 25.0 Å². The van der Waals surface area contributed by atoms with Gasteiger partial charge in [0.25, 0.3) is 0 Å². The molecular formula is C12H14FIN2O. The number of rotatable bonds is 3. The van der Waals surface area contributed by atoms with E-state index < -0.39 is 0 Å². The van der Waals surface area contributed by atoms with Crippen molar-refractivity contribution in [2.75, 3.05) is 13.1 Å². The zero-order valence-corrected chi connectivity index (χ0v) is 11.9. The van der Waals surface area contributed by atoms with Gasteiger partial charge in [-0.1, -0.05) is 0 Å². The van der Waals surface area contributed by atoms with Crippen LogP contribution >= 0.6 is 22.6 Å². The van der Waals surface area contributed by atoms with Crippen LogP contribution in [0.5, 0.6) is 5.75 Å². The van der Waals surface area contributed by atoms with Gasteiger partial charge in [-0.2, -0.15) is 0 Å². The van der Waals surface area contributed by atoms with Crippen LogP contribution in [0.15, 0.2) is 17.1 Å². The minimum atomic E-state index is -0.233. The van der Waals surface area contributed by atoms with E-state index in [4.69, 9.17) is 4.74 Å². The number of ether oxygens (including phenoxy) is 1. The molecular weight excluding hydrogens is 334 g/mol. The van der Waals surface area contributed by atoms with Crippen LogP contribution in [-0.2, 0) is 0 Å². The first kappa shape index (κ1) is 12.6. The first-order chi connectivity index (χ1) is 8.08. The molecule has 17 heavy (non-hydrogen) atoms. The molecule has 1 N–H and O–H groups in total. The van der Waals surface area contributed by atoms with E-state index in [0.29, 0.717) is 0 Å². The van der Waals surface area contributed by atoms with Gasteiger partial charge in [-0.05, 0) is 54.1 Å². The number of hydrogen-bond donors (Lipinski definition) is 1. The summed E-state index contributed by atoms with van der Waals surface area (Å²) in [6, 6.07) is 2.95. The zero-order chi connectivity index (χ0) is 12.4. The Labute approximate surface area is 114 Å². The largest absolute Gasteiger partial charge is 0.481 e. The molecule has 0 fully saturated rings. The molecule has 92 valence electrons. The number of hydrogen-bond acceptors (Lipinski definition) is 3. The van der Waals surface area contributed by atoms with Crippen LogP contribution in [0.25, 0.3) is 0 Å². The summed E-state index contributed by atoms with van der Waals surface area (Å²) in [7, 11) is 0. The van der Waals surface area contributed by atoms with Crippen molar-refractivity contribution in [2.24, 2.45) is 4.99 Å². The molecule has 1 aromatic rings. The molecule has 1 atom stereocenters. The number of aliphatic imine (C=N–C) groups is 1. The Bertz CT molecular complexity index is 439. The average molecular weight is 348 g/mol. The van der Waals surface area contributed by atoms with Gasteiger partial charge in [-0.25, -0.2) is 4.39 Å². The quantitative estimate of drug-likeness (QED) is 0.852. The Kier molecular flexibility index (Phi) is 3.86. The monoisotopic (exact) mass is 348 g/mol. The lowest BCUT2D eigenvalue weighted by Crippen LogP contribution is -2.33. The molecule has 0 spiro atoms. The van der Waals surface area contributed by atoms with Gasteiger partial charge >= 0.3 is 0 Å². The fraction of sp³-hybridized carbons (Fsp3) is 0.417. The normalized spacial score (nSPS) is 16.4. The van der Waals surface area contributed by atoms with Crippen molar-refractivity contribution in [3.63, 3.8) is 0 Å². The van der Waals surface area contributed by atoms with E-state index in [-0.39, 0.29) is 11.9 Å². The third-order valence-electron chi connectivity index (χ3n) is 2.57. The maximum absolute atomic E-state index is 13.2. The lowest BCUT2D eigenvalue weighted by atomic mass is 10.2. The molecule has 1 heterocycles. The number of amidine groups is 1. The summed E-state index contributed by atoms with van der Waals surface area (Å²) in [5.41, 5.74) is 0.805. The fourth-order valence-electron chi connectivity index (χ4n) is 1.76. The van der Waals surface area contributed by atoms with E-state index in [2.05, 4.69) is 32.9 Å². The van der Waals surface area contributed by atoms with Crippen LogP contribution in [0.4, 0.5) is 4.39 Å². The minimum absolute atomic E-state index is 0.129. The van der Waals surface area contributed by atoms with Crippen molar-refractivity contribution in [1.29, 1.82) is 0 Å². The topological polar surface area (TPSA) is 33.6 Å². The average Bonchev–Trinajstić information content (AvgIpc) is 2.76. The van der Waals surface area contributed by atoms with Gasteiger partial charge in [0.1, 0.15) is 17.4 Å². The van der Waals surface area contributed by atoms with E-state index >= 15 is 0 Å². The highest BCUT2D eigenvalue weighted by Crippen LogP contribution is 2.27. The number of nitrogens with one attached hydrogen (secondary N) is 1. The lowest BCUT2D eigenvalue weighted by molar-refractivity contribution is 0.279. The predicted molar refractivity (Wildman–Crippen MR) is 74.2 cm³/mol. The highest BCUT2D eigenvalue weighted by Gasteiger charge is 2.18. The van der Waals surface area contributed by atoms with Gasteiger partial charge in [-0.3, -0.25) is 4.99 Å². The number of halogens is 2. The summed E-state index contributed by atoms with van der Waals surface area (Å²) in [4.78, 5) is 4.31. The SMILES string of the molecule is Cc1cc(F)cc(I)c1OC(C)C1=NCCN1. The summed E-state index contributed by atoms with van der Waals surface area (Å²) in [5, 5.41) is 3.18. The summed E-state index contributed by atoms with van der Waals surface area (Å²) >= 11 is 2.08. The Balaban J connectivity index is 2.18. The molecule has 1 unspecified atom stereocenters. The van der Waals surface area contributed by atoms with Crippen molar-refractivity contribution in [3.8, 4) is 5.75 Å². The van der Waals surface area contributed by atoms with Gasteiger partial charge in [-0.15, -0.1) is 0 Å². The first-order valence-electron chi connectivity index (χ1n) is 5.48. The van der Waals surface area contributed by atoms with E-state index in [0.717, 1.165) is 33.8 Å². The second-order valence-electron chi connectivity index (χ2n) is 3.99. The van der Waals surface area contributed by atoms with Gasteiger partial charge in [0.15, 0.2) is 6.10 Å². The molecule has 0 saturated carbocycles. The van der Waals surface area contributed by atoms with Crippen molar-refractivity contribution >= 4 is 28.4 Å². The third kappa shape index (κ3) is 2.88. The van der Waals surface area contributed by atoms with E-state index in [1.165, 1.54) is 12.1 Å². The maximum Gasteiger partial charge on any atom is 0.153 e. The van der Waals surface area contributed by atoms with Gasteiger partial charge in [0.05, 0.1) is 10.1 Å². The smallest absolute Gasteiger partial charge is 0.153 e. The van der Waals surface area contributed by atoms with Crippen LogP contribution < -0.4 is 10.1 Å². The third-order valence-corrected chi connectivity index (χ3v) is 3.38. The van der Waals surface area contributed by atoms with Gasteiger partial charge in [0.2, 0.25) is 0 Å². The van der Waals surface area contributed by atoms with Crippen molar-refractivity contribution in [3.05, 3.63) is 27.1 Å². The molecule has 5 heteroatoms. The standard InChI is InChI=1S/C12H14FIN2O/c1-7-5-9(13)6-10(14)11(7)17-8(2)12-15-3-4-16-12/h5-6,8H,3-4H2,1-2H3,(H,15,16). The van der Waals surface area contributed by atoms with Gasteiger partial charge < -0.3 is 10.1 Å². The summed E-state index contributed by atoms with van der Waals surface area (Å²) in [6.45, 7) is 5.44. The van der Waals surface area contributed by atoms with E-state index in [1.54, 1.807) is 0 Å². The van der Waals surface area contributed by atoms with Crippen molar-refractivity contribution in [1.82, 2.24) is 5.32 Å². The van der Waals surface area contributed by atoms with Crippen molar-refractivity contribution in [2.45, 2.75) is 20.0 Å². The number of benzene rings is 1. The highest BCUT2D eigenvalue weighted by molar-refractivity contribution is 14.1. The van der Waals surface area contributed by atoms with Crippen LogP contribution in [0.3, 0.4) is 0 Å². The van der Waals surface area contributed by atoms with E-state index in [1.807, 2.05) is 13.8 Å². The molecule has 1 aliphatic heterocycles. The Morgan fingerprint density at radius 3 is 2.88 bits per heavy atom. The molecule has 0 radical (unpaired) electrons. The molecule has 0 saturated heterocycles. The van der Waals surface area contributed by atoms with Crippen LogP contribution in [0, 0.1) is 16.3 Å². The second-order valence-corrected chi connectivity index (χ2v) is 5.15. The summed E-state index contributed by atoms with van der Waals surface area (Å²) in [5.74, 6) is 1.36. The summed E-state index contributed by atoms with van der Waals surface area (Å²) < 4.78 is 19.8. The Morgan fingerprint density at radius 2 is 2.29 bits per heavy atom. The Morgan fingerprint density at radius 1 is 1.53 bits per heavy atom. The van der Waals surface area contributed by atoms with E-state index in [9.17, 15) is 4.39 Å². The first-order valence-corrected chi connectivity index (χ1v) is 6.56. The molecule has 3 nitrogen and oxygen atoms in total. The molecule has 0 amide bonds. The predicted octanol–water partition coefficient (Wildman–Crippen LogP) is 2.51. The molecule has 0 bridgehead atoms. The van der Waals surface area contributed by atoms with Gasteiger partial charge in [0, 0.05) is 6.54 Å². The fourth-order valence-corrected chi connectivity index (χ4v) is 2.61. The number of nitrogens with zero attached hydrogens (tertiary/aromatic N) is 1. The molecule has 0 aliphatic carbocycles. The van der Waals surface area contributed by atoms with Crippen LogP contribution in [0.1, 0.15) is 12.5 Å².